The Morgan fingerprint density at radius 2 is 2.00 bits per heavy atom. The van der Waals surface area contributed by atoms with Crippen molar-refractivity contribution < 1.29 is 13.5 Å². The predicted molar refractivity (Wildman–Crippen MR) is 66.1 cm³/mol. The van der Waals surface area contributed by atoms with Crippen molar-refractivity contribution in [2.45, 2.75) is 31.8 Å². The minimum absolute atomic E-state index is 0.0722. The summed E-state index contributed by atoms with van der Waals surface area (Å²) in [5.74, 6) is 0.147. The summed E-state index contributed by atoms with van der Waals surface area (Å²) in [4.78, 5) is 1.95. The monoisotopic (exact) mass is 252 g/mol. The third-order valence-electron chi connectivity index (χ3n) is 2.69. The van der Waals surface area contributed by atoms with Gasteiger partial charge in [0, 0.05) is 24.4 Å². The molecule has 0 radical (unpaired) electrons. The number of hydrogen-bond acceptors (Lipinski definition) is 5. The maximum atomic E-state index is 11.0. The van der Waals surface area contributed by atoms with E-state index < -0.39 is 15.4 Å². The summed E-state index contributed by atoms with van der Waals surface area (Å²) in [6.45, 7) is 4.18. The SMILES string of the molecule is CC(CC(C)(N)CO)N(C)CCS(C)(=O)=O. The Morgan fingerprint density at radius 1 is 1.50 bits per heavy atom. The molecule has 0 aliphatic carbocycles. The first kappa shape index (κ1) is 15.8. The van der Waals surface area contributed by atoms with E-state index in [2.05, 4.69) is 0 Å². The highest BCUT2D eigenvalue weighted by Gasteiger charge is 2.23. The molecule has 0 aromatic carbocycles. The second-order valence-corrected chi connectivity index (χ2v) is 7.24. The van der Waals surface area contributed by atoms with Crippen molar-refractivity contribution in [2.24, 2.45) is 5.73 Å². The molecule has 0 bridgehead atoms. The van der Waals surface area contributed by atoms with Crippen molar-refractivity contribution in [3.8, 4) is 0 Å². The van der Waals surface area contributed by atoms with Gasteiger partial charge in [-0.15, -0.1) is 0 Å². The molecule has 2 unspecified atom stereocenters. The first-order valence-electron chi connectivity index (χ1n) is 5.35. The van der Waals surface area contributed by atoms with E-state index in [-0.39, 0.29) is 18.4 Å². The minimum atomic E-state index is -2.92. The van der Waals surface area contributed by atoms with Crippen LogP contribution in [0.15, 0.2) is 0 Å². The zero-order chi connectivity index (χ0) is 13.0. The fourth-order valence-electron chi connectivity index (χ4n) is 1.43. The molecule has 0 rings (SSSR count). The highest BCUT2D eigenvalue weighted by Crippen LogP contribution is 2.12. The molecule has 0 aromatic heterocycles. The molecular formula is C10H24N2O3S. The average Bonchev–Trinajstić information content (AvgIpc) is 2.12. The molecule has 0 saturated heterocycles. The molecule has 2 atom stereocenters. The van der Waals surface area contributed by atoms with Crippen molar-refractivity contribution in [1.82, 2.24) is 4.90 Å². The molecule has 0 fully saturated rings. The average molecular weight is 252 g/mol. The van der Waals surface area contributed by atoms with Crippen molar-refractivity contribution in [3.05, 3.63) is 0 Å². The van der Waals surface area contributed by atoms with Crippen LogP contribution in [-0.4, -0.2) is 62.2 Å². The lowest BCUT2D eigenvalue weighted by atomic mass is 9.95. The summed E-state index contributed by atoms with van der Waals surface area (Å²) >= 11 is 0. The first-order chi connectivity index (χ1) is 7.07. The number of nitrogens with two attached hydrogens (primary N) is 1. The molecule has 6 heteroatoms. The molecule has 0 aromatic rings. The summed E-state index contributed by atoms with van der Waals surface area (Å²) in [6.07, 6.45) is 1.86. The predicted octanol–water partition coefficient (Wildman–Crippen LogP) is -0.549. The summed E-state index contributed by atoms with van der Waals surface area (Å²) in [5.41, 5.74) is 5.23. The Morgan fingerprint density at radius 3 is 2.38 bits per heavy atom. The Hall–Kier alpha value is -0.170. The fourth-order valence-corrected chi connectivity index (χ4v) is 2.05. The van der Waals surface area contributed by atoms with Crippen molar-refractivity contribution in [3.63, 3.8) is 0 Å². The van der Waals surface area contributed by atoms with Crippen molar-refractivity contribution in [1.29, 1.82) is 0 Å². The van der Waals surface area contributed by atoms with Crippen molar-refractivity contribution in [2.75, 3.05) is 32.2 Å². The van der Waals surface area contributed by atoms with Crippen LogP contribution in [0.4, 0.5) is 0 Å². The number of sulfone groups is 1. The van der Waals surface area contributed by atoms with E-state index in [9.17, 15) is 8.42 Å². The van der Waals surface area contributed by atoms with Gasteiger partial charge < -0.3 is 15.7 Å². The lowest BCUT2D eigenvalue weighted by molar-refractivity contribution is 0.156. The van der Waals surface area contributed by atoms with Gasteiger partial charge in [0.2, 0.25) is 0 Å². The summed E-state index contributed by atoms with van der Waals surface area (Å²) in [7, 11) is -1.06. The van der Waals surface area contributed by atoms with Crippen LogP contribution in [-0.2, 0) is 9.84 Å². The smallest absolute Gasteiger partial charge is 0.148 e. The molecule has 3 N–H and O–H groups in total. The Bertz CT molecular complexity index is 301. The maximum Gasteiger partial charge on any atom is 0.148 e. The molecule has 0 aliphatic heterocycles. The summed E-state index contributed by atoms with van der Waals surface area (Å²) < 4.78 is 22.0. The third kappa shape index (κ3) is 7.16. The molecule has 5 nitrogen and oxygen atoms in total. The second-order valence-electron chi connectivity index (χ2n) is 4.98. The van der Waals surface area contributed by atoms with Crippen LogP contribution in [0, 0.1) is 0 Å². The van der Waals surface area contributed by atoms with Gasteiger partial charge >= 0.3 is 0 Å². The topological polar surface area (TPSA) is 83.6 Å². The van der Waals surface area contributed by atoms with Gasteiger partial charge in [-0.3, -0.25) is 0 Å². The van der Waals surface area contributed by atoms with Gasteiger partial charge in [0.05, 0.1) is 12.4 Å². The van der Waals surface area contributed by atoms with Crippen LogP contribution in [0.2, 0.25) is 0 Å². The molecule has 0 heterocycles. The molecule has 0 aliphatic rings. The quantitative estimate of drug-likeness (QED) is 0.635. The summed E-state index contributed by atoms with van der Waals surface area (Å²) in [6, 6.07) is 0.143. The number of aliphatic hydroxyl groups is 1. The maximum absolute atomic E-state index is 11.0. The second kappa shape index (κ2) is 5.95. The van der Waals surface area contributed by atoms with Gasteiger partial charge in [-0.2, -0.15) is 0 Å². The molecule has 0 saturated carbocycles. The highest BCUT2D eigenvalue weighted by atomic mass is 32.2. The van der Waals surface area contributed by atoms with Crippen molar-refractivity contribution >= 4 is 9.84 Å². The van der Waals surface area contributed by atoms with Gasteiger partial charge in [-0.25, -0.2) is 8.42 Å². The molecule has 16 heavy (non-hydrogen) atoms. The van der Waals surface area contributed by atoms with Crippen LogP contribution in [0.25, 0.3) is 0 Å². The normalized spacial score (nSPS) is 18.4. The lowest BCUT2D eigenvalue weighted by Crippen LogP contribution is -2.47. The van der Waals surface area contributed by atoms with Crippen LogP contribution in [0.1, 0.15) is 20.3 Å². The molecule has 0 amide bonds. The lowest BCUT2D eigenvalue weighted by Gasteiger charge is -2.31. The van der Waals surface area contributed by atoms with E-state index in [1.807, 2.05) is 18.9 Å². The van der Waals surface area contributed by atoms with Gasteiger partial charge in [-0.05, 0) is 27.3 Å². The fraction of sp³-hybridized carbons (Fsp3) is 1.00. The highest BCUT2D eigenvalue weighted by molar-refractivity contribution is 7.90. The van der Waals surface area contributed by atoms with Gasteiger partial charge in [0.15, 0.2) is 0 Å². The molecule has 98 valence electrons. The molecular weight excluding hydrogens is 228 g/mol. The van der Waals surface area contributed by atoms with Crippen LogP contribution >= 0.6 is 0 Å². The van der Waals surface area contributed by atoms with Crippen LogP contribution < -0.4 is 5.73 Å². The zero-order valence-corrected chi connectivity index (χ0v) is 11.4. The van der Waals surface area contributed by atoms with Gasteiger partial charge in [0.1, 0.15) is 9.84 Å². The van der Waals surface area contributed by atoms with Gasteiger partial charge in [0.25, 0.3) is 0 Å². The number of nitrogens with zero attached hydrogens (tertiary/aromatic N) is 1. The Balaban J connectivity index is 4.14. The van der Waals surface area contributed by atoms with Gasteiger partial charge in [-0.1, -0.05) is 0 Å². The number of rotatable bonds is 7. The van der Waals surface area contributed by atoms with E-state index in [0.717, 1.165) is 0 Å². The van der Waals surface area contributed by atoms with Crippen LogP contribution in [0.3, 0.4) is 0 Å². The third-order valence-corrected chi connectivity index (χ3v) is 3.61. The Labute approximate surface area is 98.5 Å². The Kier molecular flexibility index (Phi) is 5.89. The number of aliphatic hydroxyl groups excluding tert-OH is 1. The molecule has 0 spiro atoms. The van der Waals surface area contributed by atoms with E-state index in [1.54, 1.807) is 6.92 Å². The van der Waals surface area contributed by atoms with E-state index >= 15 is 0 Å². The number of hydrogen-bond donors (Lipinski definition) is 2. The standard InChI is InChI=1S/C10H24N2O3S/c1-9(7-10(2,11)8-13)12(3)5-6-16(4,14)15/h9,13H,5-8,11H2,1-4H3. The van der Waals surface area contributed by atoms with E-state index in [0.29, 0.717) is 13.0 Å². The summed E-state index contributed by atoms with van der Waals surface area (Å²) in [5, 5.41) is 9.04. The van der Waals surface area contributed by atoms with E-state index in [1.165, 1.54) is 6.26 Å². The van der Waals surface area contributed by atoms with Crippen LogP contribution in [0.5, 0.6) is 0 Å². The first-order valence-corrected chi connectivity index (χ1v) is 7.41. The minimum Gasteiger partial charge on any atom is -0.394 e. The van der Waals surface area contributed by atoms with E-state index in [4.69, 9.17) is 10.8 Å². The zero-order valence-electron chi connectivity index (χ0n) is 10.6. The largest absolute Gasteiger partial charge is 0.394 e.